The molecule has 6 N–H and O–H groups in total. The van der Waals surface area contributed by atoms with Crippen LogP contribution in [0.3, 0.4) is 0 Å². The summed E-state index contributed by atoms with van der Waals surface area (Å²) in [5, 5.41) is 33.3. The highest BCUT2D eigenvalue weighted by Gasteiger charge is 2.20. The number of aliphatic hydroxyl groups excluding tert-OH is 1. The van der Waals surface area contributed by atoms with Crippen LogP contribution >= 0.6 is 11.3 Å². The lowest BCUT2D eigenvalue weighted by Gasteiger charge is -2.34. The van der Waals surface area contributed by atoms with Crippen LogP contribution < -0.4 is 24.5 Å². The van der Waals surface area contributed by atoms with E-state index in [2.05, 4.69) is 32.1 Å². The molecule has 1 fully saturated rings. The summed E-state index contributed by atoms with van der Waals surface area (Å²) in [6.07, 6.45) is 2.55. The summed E-state index contributed by atoms with van der Waals surface area (Å²) in [5.74, 6) is 0.0448. The zero-order chi connectivity index (χ0) is 27.3. The first-order valence-corrected chi connectivity index (χ1v) is 14.9. The molecule has 0 saturated carbocycles. The molecule has 0 unspecified atom stereocenters. The Labute approximate surface area is 224 Å². The molecule has 0 aliphatic carbocycles. The first-order valence-electron chi connectivity index (χ1n) is 12.2. The van der Waals surface area contributed by atoms with Crippen LogP contribution in [0.4, 0.5) is 11.4 Å². The lowest BCUT2D eigenvalue weighted by atomic mass is 10.0. The number of ether oxygens (including phenoxy) is 1. The fourth-order valence-corrected chi connectivity index (χ4v) is 5.59. The van der Waals surface area contributed by atoms with E-state index in [9.17, 15) is 28.5 Å². The third kappa shape index (κ3) is 7.87. The Morgan fingerprint density at radius 2 is 1.87 bits per heavy atom. The molecule has 0 radical (unpaired) electrons. The molecule has 206 valence electrons. The van der Waals surface area contributed by atoms with Crippen molar-refractivity contribution in [2.75, 3.05) is 42.1 Å². The third-order valence-electron chi connectivity index (χ3n) is 6.21. The minimum atomic E-state index is -3.55. The predicted molar refractivity (Wildman–Crippen MR) is 147 cm³/mol. The lowest BCUT2D eigenvalue weighted by Crippen LogP contribution is -2.45. The second-order valence-corrected chi connectivity index (χ2v) is 12.1. The Balaban J connectivity index is 1.19. The van der Waals surface area contributed by atoms with Crippen LogP contribution in [-0.2, 0) is 16.4 Å². The SMILES string of the molecule is CS(=O)(=O)Nc1cc(OC[C@@H](O)CNC2CCN(c3ccc(Cc4sc(=O)[nH]c4O)cc3)CC2)ccc1O. The van der Waals surface area contributed by atoms with Gasteiger partial charge in [0, 0.05) is 43.9 Å². The van der Waals surface area contributed by atoms with E-state index in [1.807, 2.05) is 12.1 Å². The number of nitrogens with zero attached hydrogens (tertiary/aromatic N) is 1. The summed E-state index contributed by atoms with van der Waals surface area (Å²) in [5.41, 5.74) is 2.14. The molecule has 1 aliphatic heterocycles. The number of thiazole rings is 1. The molecule has 4 rings (SSSR count). The van der Waals surface area contributed by atoms with Crippen LogP contribution in [0.15, 0.2) is 47.3 Å². The number of phenols is 1. The van der Waals surface area contributed by atoms with Gasteiger partial charge in [0.15, 0.2) is 0 Å². The molecule has 3 aromatic rings. The fraction of sp³-hybridized carbons (Fsp3) is 0.400. The van der Waals surface area contributed by atoms with Crippen molar-refractivity contribution in [3.8, 4) is 17.4 Å². The number of aromatic nitrogens is 1. The van der Waals surface area contributed by atoms with Crippen LogP contribution in [0, 0.1) is 0 Å². The van der Waals surface area contributed by atoms with Crippen molar-refractivity contribution in [2.24, 2.45) is 0 Å². The highest BCUT2D eigenvalue weighted by Crippen LogP contribution is 2.29. The van der Waals surface area contributed by atoms with Crippen LogP contribution in [0.25, 0.3) is 0 Å². The van der Waals surface area contributed by atoms with Gasteiger partial charge in [-0.25, -0.2) is 8.42 Å². The molecule has 1 atom stereocenters. The summed E-state index contributed by atoms with van der Waals surface area (Å²) in [6.45, 7) is 2.10. The number of rotatable bonds is 11. The summed E-state index contributed by atoms with van der Waals surface area (Å²) >= 11 is 1.02. The number of hydrogen-bond donors (Lipinski definition) is 6. The number of nitrogens with one attached hydrogen (secondary N) is 3. The monoisotopic (exact) mass is 564 g/mol. The van der Waals surface area contributed by atoms with E-state index in [-0.39, 0.29) is 34.8 Å². The van der Waals surface area contributed by atoms with Crippen molar-refractivity contribution in [3.63, 3.8) is 0 Å². The molecule has 13 heteroatoms. The Hall–Kier alpha value is -3.26. The van der Waals surface area contributed by atoms with E-state index in [1.54, 1.807) is 0 Å². The van der Waals surface area contributed by atoms with Crippen molar-refractivity contribution in [3.05, 3.63) is 62.6 Å². The van der Waals surface area contributed by atoms with Crippen LogP contribution in [0.2, 0.25) is 0 Å². The van der Waals surface area contributed by atoms with Crippen molar-refractivity contribution >= 4 is 32.7 Å². The largest absolute Gasteiger partial charge is 0.506 e. The normalized spacial score (nSPS) is 15.4. The van der Waals surface area contributed by atoms with Crippen molar-refractivity contribution in [1.82, 2.24) is 10.3 Å². The molecule has 38 heavy (non-hydrogen) atoms. The van der Waals surface area contributed by atoms with Crippen LogP contribution in [0.5, 0.6) is 17.4 Å². The third-order valence-corrected chi connectivity index (χ3v) is 7.67. The van der Waals surface area contributed by atoms with E-state index in [0.717, 1.165) is 54.8 Å². The Morgan fingerprint density at radius 1 is 1.16 bits per heavy atom. The van der Waals surface area contributed by atoms with Crippen LogP contribution in [-0.4, -0.2) is 73.4 Å². The Morgan fingerprint density at radius 3 is 2.50 bits per heavy atom. The second-order valence-electron chi connectivity index (χ2n) is 9.32. The molecule has 1 aliphatic rings. The van der Waals surface area contributed by atoms with Gasteiger partial charge in [0.25, 0.3) is 0 Å². The summed E-state index contributed by atoms with van der Waals surface area (Å²) in [6, 6.07) is 12.6. The van der Waals surface area contributed by atoms with E-state index in [0.29, 0.717) is 23.6 Å². The molecule has 1 saturated heterocycles. The fourth-order valence-electron chi connectivity index (χ4n) is 4.26. The number of H-pyrrole nitrogens is 1. The van der Waals surface area contributed by atoms with Gasteiger partial charge in [-0.1, -0.05) is 23.5 Å². The number of benzene rings is 2. The van der Waals surface area contributed by atoms with Crippen molar-refractivity contribution < 1.29 is 28.5 Å². The van der Waals surface area contributed by atoms with Gasteiger partial charge in [-0.05, 0) is 42.7 Å². The number of aliphatic hydroxyl groups is 1. The number of aromatic amines is 1. The Bertz CT molecular complexity index is 1380. The minimum Gasteiger partial charge on any atom is -0.506 e. The highest BCUT2D eigenvalue weighted by molar-refractivity contribution is 7.92. The molecular weight excluding hydrogens is 532 g/mol. The second kappa shape index (κ2) is 12.1. The van der Waals surface area contributed by atoms with Gasteiger partial charge < -0.3 is 30.3 Å². The predicted octanol–water partition coefficient (Wildman–Crippen LogP) is 1.81. The number of phenolic OH excluding ortho intramolecular Hbond substituents is 1. The maximum Gasteiger partial charge on any atom is 0.307 e. The quantitative estimate of drug-likeness (QED) is 0.191. The van der Waals surface area contributed by atoms with Crippen LogP contribution in [0.1, 0.15) is 23.3 Å². The number of hydrogen-bond acceptors (Lipinski definition) is 10. The van der Waals surface area contributed by atoms with Gasteiger partial charge in [0.2, 0.25) is 15.9 Å². The van der Waals surface area contributed by atoms with E-state index >= 15 is 0 Å². The average molecular weight is 565 g/mol. The summed E-state index contributed by atoms with van der Waals surface area (Å²) in [7, 11) is -3.55. The van der Waals surface area contributed by atoms with E-state index in [1.165, 1.54) is 18.2 Å². The van der Waals surface area contributed by atoms with Gasteiger partial charge in [-0.3, -0.25) is 14.5 Å². The maximum absolute atomic E-state index is 11.4. The number of piperidine rings is 1. The van der Waals surface area contributed by atoms with Gasteiger partial charge in [-0.2, -0.15) is 0 Å². The average Bonchev–Trinajstić information content (AvgIpc) is 3.19. The molecule has 1 aromatic heterocycles. The summed E-state index contributed by atoms with van der Waals surface area (Å²) in [4.78, 5) is 16.4. The Kier molecular flexibility index (Phi) is 8.82. The number of sulfonamides is 1. The first-order chi connectivity index (χ1) is 18.1. The smallest absolute Gasteiger partial charge is 0.307 e. The molecular formula is C25H32N4O7S2. The minimum absolute atomic E-state index is 0.0114. The zero-order valence-corrected chi connectivity index (χ0v) is 22.5. The summed E-state index contributed by atoms with van der Waals surface area (Å²) < 4.78 is 30.6. The van der Waals surface area contributed by atoms with Crippen molar-refractivity contribution in [2.45, 2.75) is 31.4 Å². The molecule has 0 spiro atoms. The van der Waals surface area contributed by atoms with Gasteiger partial charge in [-0.15, -0.1) is 0 Å². The maximum atomic E-state index is 11.4. The molecule has 0 bridgehead atoms. The highest BCUT2D eigenvalue weighted by atomic mass is 32.2. The zero-order valence-electron chi connectivity index (χ0n) is 20.9. The first kappa shape index (κ1) is 27.8. The lowest BCUT2D eigenvalue weighted by molar-refractivity contribution is 0.102. The number of anilines is 2. The number of aromatic hydroxyl groups is 2. The van der Waals surface area contributed by atoms with Gasteiger partial charge in [0.05, 0.1) is 16.8 Å². The van der Waals surface area contributed by atoms with Gasteiger partial charge in [0.1, 0.15) is 24.2 Å². The van der Waals surface area contributed by atoms with E-state index < -0.39 is 16.1 Å². The molecule has 11 nitrogen and oxygen atoms in total. The molecule has 0 amide bonds. The van der Waals surface area contributed by atoms with E-state index in [4.69, 9.17) is 4.74 Å². The molecule has 2 aromatic carbocycles. The topological polar surface area (TPSA) is 164 Å². The van der Waals surface area contributed by atoms with Crippen molar-refractivity contribution in [1.29, 1.82) is 0 Å². The molecule has 2 heterocycles. The standard InChI is InChI=1S/C25H32N4O7S2/c1-38(34,35)28-21-13-20(6-7-22(21)31)36-15-19(30)14-26-17-8-10-29(11-9-17)18-4-2-16(3-5-18)12-23-24(32)27-25(33)37-23/h2-7,13,17,19,26,28,30-32H,8-12,14-15H2,1H3,(H,27,33)/t19-/m0/s1. The van der Waals surface area contributed by atoms with Gasteiger partial charge >= 0.3 is 4.87 Å².